The van der Waals surface area contributed by atoms with Crippen LogP contribution in [0.4, 0.5) is 0 Å². The molecule has 0 N–H and O–H groups in total. The fourth-order valence-electron chi connectivity index (χ4n) is 3.56. The number of rotatable bonds is 9. The van der Waals surface area contributed by atoms with Crippen molar-refractivity contribution in [3.63, 3.8) is 0 Å². The second kappa shape index (κ2) is 11.0. The average molecular weight is 474 g/mol. The minimum absolute atomic E-state index is 0.0438. The van der Waals surface area contributed by atoms with Crippen LogP contribution in [0.3, 0.4) is 0 Å². The van der Waals surface area contributed by atoms with Gasteiger partial charge in [-0.2, -0.15) is 0 Å². The predicted octanol–water partition coefficient (Wildman–Crippen LogP) is 5.11. The number of amides is 1. The summed E-state index contributed by atoms with van der Waals surface area (Å²) in [5.74, 6) is 2.28. The largest absolute Gasteiger partial charge is 0.497 e. The summed E-state index contributed by atoms with van der Waals surface area (Å²) in [6.07, 6.45) is 4.43. The van der Waals surface area contributed by atoms with E-state index < -0.39 is 0 Å². The van der Waals surface area contributed by atoms with Gasteiger partial charge < -0.3 is 9.64 Å². The highest BCUT2D eigenvalue weighted by Crippen LogP contribution is 2.30. The number of benzene rings is 2. The summed E-state index contributed by atoms with van der Waals surface area (Å²) in [6.45, 7) is 2.81. The molecule has 4 aromatic rings. The van der Waals surface area contributed by atoms with Crippen molar-refractivity contribution in [3.05, 3.63) is 84.2 Å². The third-order valence-electron chi connectivity index (χ3n) is 5.38. The molecule has 174 valence electrons. The number of pyridine rings is 1. The summed E-state index contributed by atoms with van der Waals surface area (Å²) < 4.78 is 7.35. The molecule has 4 rings (SSSR count). The Morgan fingerprint density at radius 2 is 1.71 bits per heavy atom. The van der Waals surface area contributed by atoms with Crippen LogP contribution in [0, 0.1) is 0 Å². The fraction of sp³-hybridized carbons (Fsp3) is 0.231. The second-order valence-corrected chi connectivity index (χ2v) is 8.73. The zero-order valence-electron chi connectivity index (χ0n) is 19.5. The first-order valence-electron chi connectivity index (χ1n) is 11.1. The summed E-state index contributed by atoms with van der Waals surface area (Å²) in [5, 5.41) is 9.73. The molecule has 0 bridgehead atoms. The van der Waals surface area contributed by atoms with E-state index in [1.165, 1.54) is 0 Å². The van der Waals surface area contributed by atoms with E-state index in [0.29, 0.717) is 11.3 Å². The molecule has 0 fully saturated rings. The Morgan fingerprint density at radius 3 is 2.35 bits per heavy atom. The predicted molar refractivity (Wildman–Crippen MR) is 134 cm³/mol. The number of carbonyl (C=O) groups excluding carboxylic acids is 1. The van der Waals surface area contributed by atoms with Crippen LogP contribution >= 0.6 is 11.8 Å². The summed E-state index contributed by atoms with van der Waals surface area (Å²) in [6, 6.07) is 19.4. The van der Waals surface area contributed by atoms with Gasteiger partial charge in [-0.25, -0.2) is 0 Å². The van der Waals surface area contributed by atoms with Gasteiger partial charge in [0, 0.05) is 48.6 Å². The summed E-state index contributed by atoms with van der Waals surface area (Å²) >= 11 is 1.60. The lowest BCUT2D eigenvalue weighted by atomic mass is 10.1. The second-order valence-electron chi connectivity index (χ2n) is 7.79. The maximum absolute atomic E-state index is 12.5. The van der Waals surface area contributed by atoms with Crippen LogP contribution in [0.15, 0.2) is 78.2 Å². The molecule has 0 atom stereocenters. The summed E-state index contributed by atoms with van der Waals surface area (Å²) in [7, 11) is 3.49. The Hall–Kier alpha value is -3.65. The first-order chi connectivity index (χ1) is 16.6. The van der Waals surface area contributed by atoms with Gasteiger partial charge in [-0.1, -0.05) is 30.8 Å². The lowest BCUT2D eigenvalue weighted by Gasteiger charge is -2.16. The maximum atomic E-state index is 12.5. The Balaban J connectivity index is 1.57. The highest BCUT2D eigenvalue weighted by Gasteiger charge is 2.17. The normalized spacial score (nSPS) is 10.8. The van der Waals surface area contributed by atoms with Gasteiger partial charge >= 0.3 is 0 Å². The number of ether oxygens (including phenoxy) is 1. The standard InChI is InChI=1S/C26H27N5O2S/c1-4-17-30(2)25(32)21-7-5-19(6-8-21)18-34-26-29-28-24(20-13-15-27-16-14-20)31(26)22-9-11-23(33-3)12-10-22/h5-16H,4,17-18H2,1-3H3. The van der Waals surface area contributed by atoms with E-state index in [9.17, 15) is 4.79 Å². The number of aromatic nitrogens is 4. The third kappa shape index (κ3) is 5.28. The molecule has 0 spiro atoms. The molecule has 1 amide bonds. The van der Waals surface area contributed by atoms with Crippen molar-refractivity contribution in [3.8, 4) is 22.8 Å². The lowest BCUT2D eigenvalue weighted by molar-refractivity contribution is 0.0795. The van der Waals surface area contributed by atoms with Crippen LogP contribution in [0.1, 0.15) is 29.3 Å². The first kappa shape index (κ1) is 23.5. The number of methoxy groups -OCH3 is 1. The van der Waals surface area contributed by atoms with E-state index in [1.807, 2.05) is 72.3 Å². The van der Waals surface area contributed by atoms with Gasteiger partial charge in [-0.05, 0) is 60.5 Å². The van der Waals surface area contributed by atoms with Gasteiger partial charge in [0.2, 0.25) is 0 Å². The number of thioether (sulfide) groups is 1. The topological polar surface area (TPSA) is 73.1 Å². The van der Waals surface area contributed by atoms with Crippen molar-refractivity contribution >= 4 is 17.7 Å². The summed E-state index contributed by atoms with van der Waals surface area (Å²) in [4.78, 5) is 18.4. The van der Waals surface area contributed by atoms with Gasteiger partial charge in [-0.3, -0.25) is 14.3 Å². The Morgan fingerprint density at radius 1 is 1.00 bits per heavy atom. The van der Waals surface area contributed by atoms with Crippen molar-refractivity contribution in [2.45, 2.75) is 24.3 Å². The molecule has 2 aromatic heterocycles. The highest BCUT2D eigenvalue weighted by molar-refractivity contribution is 7.98. The van der Waals surface area contributed by atoms with Crippen LogP contribution in [0.5, 0.6) is 5.75 Å². The van der Waals surface area contributed by atoms with Crippen molar-refractivity contribution in [2.75, 3.05) is 20.7 Å². The Labute approximate surface area is 203 Å². The van der Waals surface area contributed by atoms with Gasteiger partial charge in [0.1, 0.15) is 5.75 Å². The smallest absolute Gasteiger partial charge is 0.253 e. The van der Waals surface area contributed by atoms with E-state index >= 15 is 0 Å². The fourth-order valence-corrected chi connectivity index (χ4v) is 4.47. The zero-order chi connectivity index (χ0) is 23.9. The van der Waals surface area contributed by atoms with Gasteiger partial charge in [0.25, 0.3) is 5.91 Å². The molecular weight excluding hydrogens is 446 g/mol. The number of hydrogen-bond acceptors (Lipinski definition) is 6. The molecular formula is C26H27N5O2S. The minimum atomic E-state index is 0.0438. The molecule has 0 aliphatic rings. The van der Waals surface area contributed by atoms with Gasteiger partial charge in [-0.15, -0.1) is 10.2 Å². The van der Waals surface area contributed by atoms with Gasteiger partial charge in [0.15, 0.2) is 11.0 Å². The molecule has 0 radical (unpaired) electrons. The van der Waals surface area contributed by atoms with E-state index in [1.54, 1.807) is 36.2 Å². The first-order valence-corrected chi connectivity index (χ1v) is 12.1. The van der Waals surface area contributed by atoms with Crippen molar-refractivity contribution in [2.24, 2.45) is 0 Å². The molecule has 2 heterocycles. The number of carbonyl (C=O) groups is 1. The van der Waals surface area contributed by atoms with Crippen LogP contribution in [-0.2, 0) is 5.75 Å². The van der Waals surface area contributed by atoms with Crippen molar-refractivity contribution in [1.82, 2.24) is 24.6 Å². The lowest BCUT2D eigenvalue weighted by Crippen LogP contribution is -2.27. The molecule has 34 heavy (non-hydrogen) atoms. The van der Waals surface area contributed by atoms with Crippen LogP contribution in [0.2, 0.25) is 0 Å². The molecule has 0 aliphatic heterocycles. The molecule has 8 heteroatoms. The average Bonchev–Trinajstić information content (AvgIpc) is 3.32. The zero-order valence-corrected chi connectivity index (χ0v) is 20.3. The molecule has 0 saturated heterocycles. The van der Waals surface area contributed by atoms with E-state index in [2.05, 4.69) is 22.1 Å². The van der Waals surface area contributed by atoms with Crippen LogP contribution in [-0.4, -0.2) is 51.3 Å². The molecule has 0 saturated carbocycles. The summed E-state index contributed by atoms with van der Waals surface area (Å²) in [5.41, 5.74) is 3.68. The van der Waals surface area contributed by atoms with Gasteiger partial charge in [0.05, 0.1) is 7.11 Å². The Bertz CT molecular complexity index is 1220. The minimum Gasteiger partial charge on any atom is -0.497 e. The molecule has 2 aromatic carbocycles. The third-order valence-corrected chi connectivity index (χ3v) is 6.38. The van der Waals surface area contributed by atoms with Crippen LogP contribution < -0.4 is 4.74 Å². The van der Waals surface area contributed by atoms with Crippen LogP contribution in [0.25, 0.3) is 17.1 Å². The maximum Gasteiger partial charge on any atom is 0.253 e. The van der Waals surface area contributed by atoms with E-state index in [0.717, 1.165) is 46.5 Å². The van der Waals surface area contributed by atoms with E-state index in [4.69, 9.17) is 4.74 Å². The van der Waals surface area contributed by atoms with Crippen molar-refractivity contribution < 1.29 is 9.53 Å². The molecule has 7 nitrogen and oxygen atoms in total. The number of nitrogens with zero attached hydrogens (tertiary/aromatic N) is 5. The monoisotopic (exact) mass is 473 g/mol. The Kier molecular flexibility index (Phi) is 7.59. The number of hydrogen-bond donors (Lipinski definition) is 0. The van der Waals surface area contributed by atoms with Crippen molar-refractivity contribution in [1.29, 1.82) is 0 Å². The molecule has 0 aliphatic carbocycles. The van der Waals surface area contributed by atoms with E-state index in [-0.39, 0.29) is 5.91 Å². The SMILES string of the molecule is CCCN(C)C(=O)c1ccc(CSc2nnc(-c3ccncc3)n2-c2ccc(OC)cc2)cc1. The highest BCUT2D eigenvalue weighted by atomic mass is 32.2. The molecule has 0 unspecified atom stereocenters. The quantitative estimate of drug-likeness (QED) is 0.315.